The van der Waals surface area contributed by atoms with E-state index < -0.39 is 0 Å². The summed E-state index contributed by atoms with van der Waals surface area (Å²) in [6, 6.07) is 5.69. The third kappa shape index (κ3) is 3.12. The Labute approximate surface area is 107 Å². The molecule has 0 amide bonds. The first-order valence-electron chi connectivity index (χ1n) is 5.71. The Bertz CT molecular complexity index is 528. The number of aromatic nitrogens is 3. The SMILES string of the molecule is C#Cc1ccc(CNC(C)c2ncccn2)nc1. The zero-order valence-electron chi connectivity index (χ0n) is 10.2. The molecule has 2 rings (SSSR count). The summed E-state index contributed by atoms with van der Waals surface area (Å²) < 4.78 is 0. The van der Waals surface area contributed by atoms with E-state index in [4.69, 9.17) is 6.42 Å². The van der Waals surface area contributed by atoms with Crippen molar-refractivity contribution in [2.75, 3.05) is 0 Å². The van der Waals surface area contributed by atoms with E-state index in [0.29, 0.717) is 6.54 Å². The van der Waals surface area contributed by atoms with Crippen molar-refractivity contribution < 1.29 is 0 Å². The first-order chi connectivity index (χ1) is 8.79. The van der Waals surface area contributed by atoms with Gasteiger partial charge in [-0.25, -0.2) is 9.97 Å². The van der Waals surface area contributed by atoms with Crippen LogP contribution in [0.15, 0.2) is 36.8 Å². The highest BCUT2D eigenvalue weighted by molar-refractivity contribution is 5.29. The maximum absolute atomic E-state index is 5.28. The van der Waals surface area contributed by atoms with Crippen molar-refractivity contribution in [1.82, 2.24) is 20.3 Å². The fourth-order valence-corrected chi connectivity index (χ4v) is 1.50. The summed E-state index contributed by atoms with van der Waals surface area (Å²) in [4.78, 5) is 12.7. The first-order valence-corrected chi connectivity index (χ1v) is 5.71. The quantitative estimate of drug-likeness (QED) is 0.824. The minimum Gasteiger partial charge on any atom is -0.302 e. The molecule has 0 aliphatic carbocycles. The second-order valence-electron chi connectivity index (χ2n) is 3.89. The van der Waals surface area contributed by atoms with Crippen LogP contribution in [-0.2, 0) is 6.54 Å². The fourth-order valence-electron chi connectivity index (χ4n) is 1.50. The Morgan fingerprint density at radius 2 is 2.06 bits per heavy atom. The van der Waals surface area contributed by atoms with E-state index in [1.165, 1.54) is 0 Å². The van der Waals surface area contributed by atoms with Crippen LogP contribution in [0.3, 0.4) is 0 Å². The van der Waals surface area contributed by atoms with E-state index in [9.17, 15) is 0 Å². The van der Waals surface area contributed by atoms with E-state index in [2.05, 4.69) is 26.2 Å². The monoisotopic (exact) mass is 238 g/mol. The van der Waals surface area contributed by atoms with E-state index >= 15 is 0 Å². The normalized spacial score (nSPS) is 11.8. The van der Waals surface area contributed by atoms with Crippen LogP contribution in [0.25, 0.3) is 0 Å². The molecule has 0 bridgehead atoms. The highest BCUT2D eigenvalue weighted by Crippen LogP contribution is 2.06. The summed E-state index contributed by atoms with van der Waals surface area (Å²) in [6.07, 6.45) is 10.4. The molecule has 0 aliphatic rings. The summed E-state index contributed by atoms with van der Waals surface area (Å²) >= 11 is 0. The molecule has 0 aromatic carbocycles. The molecule has 0 radical (unpaired) electrons. The van der Waals surface area contributed by atoms with E-state index in [1.54, 1.807) is 24.7 Å². The van der Waals surface area contributed by atoms with E-state index in [1.807, 2.05) is 19.1 Å². The molecule has 0 saturated carbocycles. The summed E-state index contributed by atoms with van der Waals surface area (Å²) in [5.74, 6) is 3.32. The molecule has 90 valence electrons. The molecule has 2 heterocycles. The number of pyridine rings is 1. The number of terminal acetylenes is 1. The summed E-state index contributed by atoms with van der Waals surface area (Å²) in [6.45, 7) is 2.68. The van der Waals surface area contributed by atoms with Crippen molar-refractivity contribution in [3.63, 3.8) is 0 Å². The van der Waals surface area contributed by atoms with Crippen molar-refractivity contribution in [2.24, 2.45) is 0 Å². The Hall–Kier alpha value is -2.25. The molecule has 0 saturated heterocycles. The van der Waals surface area contributed by atoms with Crippen LogP contribution in [0.4, 0.5) is 0 Å². The number of nitrogens with one attached hydrogen (secondary N) is 1. The molecule has 2 aromatic heterocycles. The van der Waals surface area contributed by atoms with Gasteiger partial charge >= 0.3 is 0 Å². The minimum atomic E-state index is 0.0836. The lowest BCUT2D eigenvalue weighted by Crippen LogP contribution is -2.20. The van der Waals surface area contributed by atoms with Gasteiger partial charge in [-0.05, 0) is 25.1 Å². The molecule has 1 N–H and O–H groups in total. The van der Waals surface area contributed by atoms with Crippen LogP contribution in [0, 0.1) is 12.3 Å². The van der Waals surface area contributed by atoms with Crippen LogP contribution in [0.2, 0.25) is 0 Å². The molecule has 18 heavy (non-hydrogen) atoms. The molecule has 4 heteroatoms. The number of hydrogen-bond donors (Lipinski definition) is 1. The van der Waals surface area contributed by atoms with Gasteiger partial charge in [0, 0.05) is 30.7 Å². The van der Waals surface area contributed by atoms with Gasteiger partial charge in [-0.3, -0.25) is 4.98 Å². The third-order valence-corrected chi connectivity index (χ3v) is 2.55. The summed E-state index contributed by atoms with van der Waals surface area (Å²) in [5, 5.41) is 3.31. The largest absolute Gasteiger partial charge is 0.302 e. The van der Waals surface area contributed by atoms with Gasteiger partial charge in [-0.1, -0.05) is 5.92 Å². The maximum Gasteiger partial charge on any atom is 0.144 e. The van der Waals surface area contributed by atoms with Crippen LogP contribution >= 0.6 is 0 Å². The van der Waals surface area contributed by atoms with Crippen LogP contribution in [-0.4, -0.2) is 15.0 Å². The molecule has 1 unspecified atom stereocenters. The topological polar surface area (TPSA) is 50.7 Å². The predicted octanol–water partition coefficient (Wildman–Crippen LogP) is 1.70. The van der Waals surface area contributed by atoms with Gasteiger partial charge in [0.2, 0.25) is 0 Å². The third-order valence-electron chi connectivity index (χ3n) is 2.55. The standard InChI is InChI=1S/C14H14N4/c1-3-12-5-6-13(18-9-12)10-17-11(2)14-15-7-4-8-16-14/h1,4-9,11,17H,10H2,2H3. The van der Waals surface area contributed by atoms with Gasteiger partial charge in [0.25, 0.3) is 0 Å². The average Bonchev–Trinajstić information content (AvgIpc) is 2.46. The summed E-state index contributed by atoms with van der Waals surface area (Å²) in [7, 11) is 0. The van der Waals surface area contributed by atoms with E-state index in [0.717, 1.165) is 17.1 Å². The lowest BCUT2D eigenvalue weighted by atomic mass is 10.2. The molecular formula is C14H14N4. The van der Waals surface area contributed by atoms with Gasteiger partial charge < -0.3 is 5.32 Å². The lowest BCUT2D eigenvalue weighted by Gasteiger charge is -2.11. The Morgan fingerprint density at radius 1 is 1.28 bits per heavy atom. The van der Waals surface area contributed by atoms with Crippen molar-refractivity contribution in [2.45, 2.75) is 19.5 Å². The Balaban J connectivity index is 1.93. The number of nitrogens with zero attached hydrogens (tertiary/aromatic N) is 3. The molecule has 0 fully saturated rings. The summed E-state index contributed by atoms with van der Waals surface area (Å²) in [5.41, 5.74) is 1.73. The first kappa shape index (κ1) is 12.2. The molecule has 4 nitrogen and oxygen atoms in total. The molecule has 0 aliphatic heterocycles. The van der Waals surface area contributed by atoms with Gasteiger partial charge in [0.15, 0.2) is 0 Å². The van der Waals surface area contributed by atoms with Crippen molar-refractivity contribution in [3.8, 4) is 12.3 Å². The van der Waals surface area contributed by atoms with Crippen molar-refractivity contribution in [1.29, 1.82) is 0 Å². The molecule has 0 spiro atoms. The average molecular weight is 238 g/mol. The minimum absolute atomic E-state index is 0.0836. The van der Waals surface area contributed by atoms with Crippen molar-refractivity contribution in [3.05, 3.63) is 53.9 Å². The maximum atomic E-state index is 5.28. The van der Waals surface area contributed by atoms with E-state index in [-0.39, 0.29) is 6.04 Å². The van der Waals surface area contributed by atoms with Gasteiger partial charge in [-0.15, -0.1) is 6.42 Å². The fraction of sp³-hybridized carbons (Fsp3) is 0.214. The highest BCUT2D eigenvalue weighted by atomic mass is 15.0. The molecule has 1 atom stereocenters. The van der Waals surface area contributed by atoms with Crippen molar-refractivity contribution >= 4 is 0 Å². The molecule has 2 aromatic rings. The predicted molar refractivity (Wildman–Crippen MR) is 69.5 cm³/mol. The second-order valence-corrected chi connectivity index (χ2v) is 3.89. The second kappa shape index (κ2) is 5.89. The zero-order valence-corrected chi connectivity index (χ0v) is 10.2. The molecular weight excluding hydrogens is 224 g/mol. The van der Waals surface area contributed by atoms with Crippen LogP contribution in [0.5, 0.6) is 0 Å². The van der Waals surface area contributed by atoms with Gasteiger partial charge in [-0.2, -0.15) is 0 Å². The number of rotatable bonds is 4. The smallest absolute Gasteiger partial charge is 0.144 e. The van der Waals surface area contributed by atoms with Gasteiger partial charge in [0.05, 0.1) is 11.7 Å². The zero-order chi connectivity index (χ0) is 12.8. The highest BCUT2D eigenvalue weighted by Gasteiger charge is 2.06. The Kier molecular flexibility index (Phi) is 4.00. The van der Waals surface area contributed by atoms with Crippen LogP contribution in [0.1, 0.15) is 30.0 Å². The number of hydrogen-bond acceptors (Lipinski definition) is 4. The lowest BCUT2D eigenvalue weighted by molar-refractivity contribution is 0.540. The van der Waals surface area contributed by atoms with Gasteiger partial charge in [0.1, 0.15) is 5.82 Å². The Morgan fingerprint density at radius 3 is 2.67 bits per heavy atom. The van der Waals surface area contributed by atoms with Crippen LogP contribution < -0.4 is 5.32 Å².